The van der Waals surface area contributed by atoms with Gasteiger partial charge in [-0.25, -0.2) is 4.79 Å². The molecule has 0 radical (unpaired) electrons. The standard InChI is InChI=1S/C16H27N5O8/c1-7(2)3-10(16(28)29)21-15(27)9(5-13(24)25)20-14(26)8(4-11(18)22)19-12(23)6-17/h7-10H,3-6,17H2,1-2H3,(H2,18,22)(H,19,23)(H,20,26)(H,21,27)(H,24,25)(H,28,29). The van der Waals surface area contributed by atoms with Gasteiger partial charge in [0.15, 0.2) is 0 Å². The van der Waals surface area contributed by atoms with Crippen LogP contribution in [0.25, 0.3) is 0 Å². The smallest absolute Gasteiger partial charge is 0.326 e. The third-order valence-corrected chi connectivity index (χ3v) is 3.58. The van der Waals surface area contributed by atoms with Crippen LogP contribution in [-0.2, 0) is 28.8 Å². The Bertz CT molecular complexity index is 651. The fourth-order valence-electron chi connectivity index (χ4n) is 2.29. The van der Waals surface area contributed by atoms with Crippen molar-refractivity contribution in [3.8, 4) is 0 Å². The van der Waals surface area contributed by atoms with Crippen molar-refractivity contribution in [1.82, 2.24) is 16.0 Å². The zero-order valence-corrected chi connectivity index (χ0v) is 16.1. The molecule has 3 atom stereocenters. The number of nitrogens with two attached hydrogens (primary N) is 2. The highest BCUT2D eigenvalue weighted by Crippen LogP contribution is 2.06. The molecule has 0 aromatic carbocycles. The topological polar surface area (TPSA) is 231 Å². The monoisotopic (exact) mass is 417 g/mol. The normalized spacial score (nSPS) is 13.7. The zero-order valence-electron chi connectivity index (χ0n) is 16.1. The van der Waals surface area contributed by atoms with Crippen molar-refractivity contribution in [3.05, 3.63) is 0 Å². The van der Waals surface area contributed by atoms with Crippen LogP contribution in [0, 0.1) is 5.92 Å². The number of nitrogens with one attached hydrogen (secondary N) is 3. The van der Waals surface area contributed by atoms with Crippen molar-refractivity contribution in [3.63, 3.8) is 0 Å². The van der Waals surface area contributed by atoms with Crippen LogP contribution in [0.2, 0.25) is 0 Å². The summed E-state index contributed by atoms with van der Waals surface area (Å²) >= 11 is 0. The molecule has 4 amide bonds. The molecule has 164 valence electrons. The number of carbonyl (C=O) groups is 6. The van der Waals surface area contributed by atoms with Gasteiger partial charge in [-0.2, -0.15) is 0 Å². The van der Waals surface area contributed by atoms with Gasteiger partial charge in [0.2, 0.25) is 23.6 Å². The van der Waals surface area contributed by atoms with Gasteiger partial charge in [0, 0.05) is 0 Å². The Labute approximate surface area is 166 Å². The quantitative estimate of drug-likeness (QED) is 0.160. The van der Waals surface area contributed by atoms with Crippen LogP contribution in [0.5, 0.6) is 0 Å². The molecule has 0 fully saturated rings. The summed E-state index contributed by atoms with van der Waals surface area (Å²) in [6.45, 7) is 2.97. The molecule has 0 aliphatic heterocycles. The number of carboxylic acid groups (broad SMARTS) is 2. The number of hydrogen-bond donors (Lipinski definition) is 7. The van der Waals surface area contributed by atoms with E-state index in [-0.39, 0.29) is 12.3 Å². The molecule has 0 aliphatic rings. The van der Waals surface area contributed by atoms with E-state index in [0.29, 0.717) is 0 Å². The van der Waals surface area contributed by atoms with Crippen LogP contribution in [0.1, 0.15) is 33.1 Å². The van der Waals surface area contributed by atoms with Crippen LogP contribution in [0.3, 0.4) is 0 Å². The highest BCUT2D eigenvalue weighted by Gasteiger charge is 2.31. The minimum absolute atomic E-state index is 0.0751. The van der Waals surface area contributed by atoms with Crippen LogP contribution in [-0.4, -0.2) is 70.5 Å². The minimum atomic E-state index is -1.65. The lowest BCUT2D eigenvalue weighted by Gasteiger charge is -2.23. The zero-order chi connectivity index (χ0) is 22.7. The van der Waals surface area contributed by atoms with Crippen LogP contribution in [0.4, 0.5) is 0 Å². The number of amides is 4. The average molecular weight is 417 g/mol. The summed E-state index contributed by atoms with van der Waals surface area (Å²) in [5, 5.41) is 24.6. The molecule has 13 nitrogen and oxygen atoms in total. The number of hydrogen-bond acceptors (Lipinski definition) is 7. The minimum Gasteiger partial charge on any atom is -0.481 e. The molecule has 0 aliphatic carbocycles. The van der Waals surface area contributed by atoms with E-state index in [9.17, 15) is 33.9 Å². The number of carbonyl (C=O) groups excluding carboxylic acids is 4. The van der Waals surface area contributed by atoms with Crippen molar-refractivity contribution < 1.29 is 39.0 Å². The van der Waals surface area contributed by atoms with Crippen molar-refractivity contribution in [2.75, 3.05) is 6.54 Å². The van der Waals surface area contributed by atoms with E-state index in [1.165, 1.54) is 0 Å². The third-order valence-electron chi connectivity index (χ3n) is 3.58. The molecule has 0 spiro atoms. The van der Waals surface area contributed by atoms with E-state index in [4.69, 9.17) is 16.6 Å². The molecular weight excluding hydrogens is 390 g/mol. The summed E-state index contributed by atoms with van der Waals surface area (Å²) in [4.78, 5) is 69.6. The largest absolute Gasteiger partial charge is 0.481 e. The first kappa shape index (κ1) is 25.8. The lowest BCUT2D eigenvalue weighted by molar-refractivity contribution is -0.144. The summed E-state index contributed by atoms with van der Waals surface area (Å²) in [5.74, 6) is -6.68. The Hall–Kier alpha value is -3.22. The van der Waals surface area contributed by atoms with Crippen LogP contribution in [0.15, 0.2) is 0 Å². The predicted molar refractivity (Wildman–Crippen MR) is 98.0 cm³/mol. The molecule has 0 saturated heterocycles. The van der Waals surface area contributed by atoms with Gasteiger partial charge in [0.1, 0.15) is 18.1 Å². The highest BCUT2D eigenvalue weighted by atomic mass is 16.4. The van der Waals surface area contributed by atoms with Gasteiger partial charge in [0.05, 0.1) is 19.4 Å². The lowest BCUT2D eigenvalue weighted by Crippen LogP contribution is -2.57. The summed E-state index contributed by atoms with van der Waals surface area (Å²) in [7, 11) is 0. The van der Waals surface area contributed by atoms with Crippen molar-refractivity contribution in [2.24, 2.45) is 17.4 Å². The van der Waals surface area contributed by atoms with Gasteiger partial charge in [-0.05, 0) is 12.3 Å². The molecule has 0 aromatic heterocycles. The third kappa shape index (κ3) is 10.6. The van der Waals surface area contributed by atoms with Crippen LogP contribution >= 0.6 is 0 Å². The van der Waals surface area contributed by atoms with Gasteiger partial charge in [-0.1, -0.05) is 13.8 Å². The second kappa shape index (κ2) is 12.3. The first-order valence-corrected chi connectivity index (χ1v) is 8.70. The molecule has 3 unspecified atom stereocenters. The summed E-state index contributed by atoms with van der Waals surface area (Å²) in [6, 6.07) is -4.44. The van der Waals surface area contributed by atoms with Gasteiger partial charge in [-0.3, -0.25) is 24.0 Å². The summed E-state index contributed by atoms with van der Waals surface area (Å²) in [5.41, 5.74) is 10.2. The SMILES string of the molecule is CC(C)CC(NC(=O)C(CC(=O)O)NC(=O)C(CC(N)=O)NC(=O)CN)C(=O)O. The number of primary amides is 1. The molecule has 0 saturated carbocycles. The Balaban J connectivity index is 5.41. The van der Waals surface area contributed by atoms with E-state index in [2.05, 4.69) is 16.0 Å². The Morgan fingerprint density at radius 1 is 0.828 bits per heavy atom. The van der Waals surface area contributed by atoms with Gasteiger partial charge >= 0.3 is 11.9 Å². The molecule has 0 bridgehead atoms. The van der Waals surface area contributed by atoms with E-state index < -0.39 is 73.1 Å². The maximum atomic E-state index is 12.4. The van der Waals surface area contributed by atoms with Gasteiger partial charge < -0.3 is 37.6 Å². The molecule has 0 aromatic rings. The first-order chi connectivity index (χ1) is 13.4. The number of rotatable bonds is 13. The second-order valence-electron chi connectivity index (χ2n) is 6.68. The predicted octanol–water partition coefficient (Wildman–Crippen LogP) is -3.12. The van der Waals surface area contributed by atoms with E-state index in [1.807, 2.05) is 0 Å². The molecule has 13 heteroatoms. The fourth-order valence-corrected chi connectivity index (χ4v) is 2.29. The average Bonchev–Trinajstić information content (AvgIpc) is 2.58. The Kier molecular flexibility index (Phi) is 10.9. The lowest BCUT2D eigenvalue weighted by atomic mass is 10.0. The summed E-state index contributed by atoms with van der Waals surface area (Å²) < 4.78 is 0. The molecule has 0 heterocycles. The second-order valence-corrected chi connectivity index (χ2v) is 6.68. The van der Waals surface area contributed by atoms with Crippen molar-refractivity contribution in [2.45, 2.75) is 51.2 Å². The van der Waals surface area contributed by atoms with Crippen LogP contribution < -0.4 is 27.4 Å². The highest BCUT2D eigenvalue weighted by molar-refractivity contribution is 5.96. The van der Waals surface area contributed by atoms with E-state index >= 15 is 0 Å². The molecular formula is C16H27N5O8. The number of carboxylic acids is 2. The Morgan fingerprint density at radius 2 is 1.31 bits per heavy atom. The molecule has 29 heavy (non-hydrogen) atoms. The Morgan fingerprint density at radius 3 is 1.69 bits per heavy atom. The maximum absolute atomic E-state index is 12.4. The number of aliphatic carboxylic acids is 2. The van der Waals surface area contributed by atoms with Gasteiger partial charge in [-0.15, -0.1) is 0 Å². The molecule has 0 rings (SSSR count). The summed E-state index contributed by atoms with van der Waals surface area (Å²) in [6.07, 6.45) is -1.41. The van der Waals surface area contributed by atoms with Gasteiger partial charge in [0.25, 0.3) is 0 Å². The van der Waals surface area contributed by atoms with E-state index in [1.54, 1.807) is 13.8 Å². The van der Waals surface area contributed by atoms with Crippen molar-refractivity contribution in [1.29, 1.82) is 0 Å². The van der Waals surface area contributed by atoms with E-state index in [0.717, 1.165) is 0 Å². The fraction of sp³-hybridized carbons (Fsp3) is 0.625. The molecule has 9 N–H and O–H groups in total. The van der Waals surface area contributed by atoms with Crippen molar-refractivity contribution >= 4 is 35.6 Å². The maximum Gasteiger partial charge on any atom is 0.326 e. The first-order valence-electron chi connectivity index (χ1n) is 8.70.